The van der Waals surface area contributed by atoms with Gasteiger partial charge in [-0.1, -0.05) is 12.1 Å². The van der Waals surface area contributed by atoms with Crippen molar-refractivity contribution in [3.63, 3.8) is 0 Å². The van der Waals surface area contributed by atoms with E-state index in [0.717, 1.165) is 0 Å². The number of H-pyrrole nitrogens is 1. The lowest BCUT2D eigenvalue weighted by Gasteiger charge is -2.31. The number of aromatic nitrogens is 2. The molecule has 0 saturated carbocycles. The van der Waals surface area contributed by atoms with E-state index in [9.17, 15) is 14.0 Å². The summed E-state index contributed by atoms with van der Waals surface area (Å²) >= 11 is 0. The number of morpholine rings is 1. The standard InChI is InChI=1S/C19H21FN4O3/c20-14-3-1-2-13(10-14)11-17(25)24-5-4-15-16(12-24)21-19(22-18(15)26)23-6-8-27-9-7-23/h1-3,10H,4-9,11-12H2,(H,21,22,26). The minimum atomic E-state index is -0.354. The molecule has 142 valence electrons. The van der Waals surface area contributed by atoms with E-state index < -0.39 is 0 Å². The van der Waals surface area contributed by atoms with Crippen molar-refractivity contribution in [2.45, 2.75) is 19.4 Å². The zero-order valence-electron chi connectivity index (χ0n) is 14.9. The van der Waals surface area contributed by atoms with Crippen LogP contribution in [-0.2, 0) is 28.9 Å². The molecule has 0 unspecified atom stereocenters. The first-order chi connectivity index (χ1) is 13.1. The second kappa shape index (κ2) is 7.48. The number of carbonyl (C=O) groups is 1. The molecule has 4 rings (SSSR count). The van der Waals surface area contributed by atoms with Gasteiger partial charge in [-0.2, -0.15) is 0 Å². The maximum Gasteiger partial charge on any atom is 0.255 e. The molecule has 27 heavy (non-hydrogen) atoms. The van der Waals surface area contributed by atoms with Gasteiger partial charge in [0.05, 0.1) is 31.9 Å². The van der Waals surface area contributed by atoms with Gasteiger partial charge in [-0.15, -0.1) is 0 Å². The molecule has 0 atom stereocenters. The van der Waals surface area contributed by atoms with Crippen molar-refractivity contribution < 1.29 is 13.9 Å². The van der Waals surface area contributed by atoms with E-state index in [-0.39, 0.29) is 23.7 Å². The Balaban J connectivity index is 1.52. The van der Waals surface area contributed by atoms with Gasteiger partial charge >= 0.3 is 0 Å². The van der Waals surface area contributed by atoms with Crippen LogP contribution in [0.4, 0.5) is 10.3 Å². The van der Waals surface area contributed by atoms with Gasteiger partial charge in [0.15, 0.2) is 0 Å². The molecule has 1 aromatic heterocycles. The summed E-state index contributed by atoms with van der Waals surface area (Å²) in [6, 6.07) is 6.06. The molecule has 8 heteroatoms. The number of carbonyl (C=O) groups excluding carboxylic acids is 1. The van der Waals surface area contributed by atoms with Crippen molar-refractivity contribution in [3.8, 4) is 0 Å². The van der Waals surface area contributed by atoms with Crippen LogP contribution < -0.4 is 10.5 Å². The summed E-state index contributed by atoms with van der Waals surface area (Å²) in [5.41, 5.74) is 1.78. The maximum atomic E-state index is 13.3. The largest absolute Gasteiger partial charge is 0.378 e. The van der Waals surface area contributed by atoms with Gasteiger partial charge in [-0.3, -0.25) is 14.6 Å². The van der Waals surface area contributed by atoms with Crippen LogP contribution in [0.15, 0.2) is 29.1 Å². The van der Waals surface area contributed by atoms with Gasteiger partial charge in [-0.25, -0.2) is 9.37 Å². The number of hydrogen-bond donors (Lipinski definition) is 1. The molecule has 0 spiro atoms. The molecule has 0 radical (unpaired) electrons. The Labute approximate surface area is 155 Å². The number of amides is 1. The number of nitrogens with zero attached hydrogens (tertiary/aromatic N) is 3. The zero-order chi connectivity index (χ0) is 18.8. The molecule has 1 saturated heterocycles. The van der Waals surface area contributed by atoms with Gasteiger partial charge in [0.25, 0.3) is 5.56 Å². The highest BCUT2D eigenvalue weighted by molar-refractivity contribution is 5.79. The number of ether oxygens (including phenoxy) is 1. The summed E-state index contributed by atoms with van der Waals surface area (Å²) in [4.78, 5) is 36.2. The number of hydrogen-bond acceptors (Lipinski definition) is 5. The highest BCUT2D eigenvalue weighted by Gasteiger charge is 2.25. The lowest BCUT2D eigenvalue weighted by molar-refractivity contribution is -0.131. The van der Waals surface area contributed by atoms with E-state index in [0.29, 0.717) is 68.6 Å². The molecule has 3 heterocycles. The van der Waals surface area contributed by atoms with Gasteiger partial charge in [0.2, 0.25) is 11.9 Å². The molecular weight excluding hydrogens is 351 g/mol. The fourth-order valence-corrected chi connectivity index (χ4v) is 3.50. The van der Waals surface area contributed by atoms with Gasteiger partial charge < -0.3 is 14.5 Å². The molecule has 0 bridgehead atoms. The molecule has 1 N–H and O–H groups in total. The van der Waals surface area contributed by atoms with E-state index in [1.165, 1.54) is 12.1 Å². The monoisotopic (exact) mass is 372 g/mol. The van der Waals surface area contributed by atoms with E-state index >= 15 is 0 Å². The normalized spacial score (nSPS) is 16.9. The van der Waals surface area contributed by atoms with Crippen LogP contribution in [-0.4, -0.2) is 53.6 Å². The highest BCUT2D eigenvalue weighted by atomic mass is 19.1. The third-order valence-electron chi connectivity index (χ3n) is 4.97. The lowest BCUT2D eigenvalue weighted by Crippen LogP contribution is -2.42. The van der Waals surface area contributed by atoms with E-state index in [1.54, 1.807) is 17.0 Å². The first-order valence-corrected chi connectivity index (χ1v) is 9.07. The quantitative estimate of drug-likeness (QED) is 0.865. The van der Waals surface area contributed by atoms with E-state index in [2.05, 4.69) is 9.97 Å². The number of anilines is 1. The Morgan fingerprint density at radius 1 is 1.26 bits per heavy atom. The number of halogens is 1. The Bertz CT molecular complexity index is 908. The Hall–Kier alpha value is -2.74. The molecule has 2 aliphatic heterocycles. The van der Waals surface area contributed by atoms with Crippen molar-refractivity contribution >= 4 is 11.9 Å². The van der Waals surface area contributed by atoms with Crippen LogP contribution in [0, 0.1) is 5.82 Å². The van der Waals surface area contributed by atoms with Crippen LogP contribution in [0.3, 0.4) is 0 Å². The van der Waals surface area contributed by atoms with Crippen LogP contribution in [0.1, 0.15) is 16.8 Å². The summed E-state index contributed by atoms with van der Waals surface area (Å²) in [5.74, 6) is 0.0791. The zero-order valence-corrected chi connectivity index (χ0v) is 14.9. The summed E-state index contributed by atoms with van der Waals surface area (Å²) in [7, 11) is 0. The summed E-state index contributed by atoms with van der Waals surface area (Å²) in [5, 5.41) is 0. The summed E-state index contributed by atoms with van der Waals surface area (Å²) in [6.07, 6.45) is 0.600. The van der Waals surface area contributed by atoms with Crippen LogP contribution in [0.5, 0.6) is 0 Å². The van der Waals surface area contributed by atoms with Crippen molar-refractivity contribution in [3.05, 3.63) is 57.3 Å². The van der Waals surface area contributed by atoms with Crippen molar-refractivity contribution in [2.75, 3.05) is 37.7 Å². The smallest absolute Gasteiger partial charge is 0.255 e. The predicted molar refractivity (Wildman–Crippen MR) is 97.1 cm³/mol. The second-order valence-corrected chi connectivity index (χ2v) is 6.79. The molecule has 1 aromatic carbocycles. The number of aromatic amines is 1. The average Bonchev–Trinajstić information content (AvgIpc) is 2.68. The number of rotatable bonds is 3. The Kier molecular flexibility index (Phi) is 4.89. The Morgan fingerprint density at radius 2 is 2.07 bits per heavy atom. The van der Waals surface area contributed by atoms with Crippen molar-refractivity contribution in [1.82, 2.24) is 14.9 Å². The van der Waals surface area contributed by atoms with Crippen molar-refractivity contribution in [1.29, 1.82) is 0 Å². The topological polar surface area (TPSA) is 78.5 Å². The van der Waals surface area contributed by atoms with Gasteiger partial charge in [0.1, 0.15) is 5.82 Å². The molecule has 2 aromatic rings. The van der Waals surface area contributed by atoms with Gasteiger partial charge in [0, 0.05) is 25.2 Å². The minimum absolute atomic E-state index is 0.0961. The highest BCUT2D eigenvalue weighted by Crippen LogP contribution is 2.18. The Morgan fingerprint density at radius 3 is 2.85 bits per heavy atom. The third-order valence-corrected chi connectivity index (χ3v) is 4.97. The maximum absolute atomic E-state index is 13.3. The third kappa shape index (κ3) is 3.85. The van der Waals surface area contributed by atoms with E-state index in [4.69, 9.17) is 4.74 Å². The van der Waals surface area contributed by atoms with Crippen LogP contribution in [0.25, 0.3) is 0 Å². The average molecular weight is 372 g/mol. The lowest BCUT2D eigenvalue weighted by atomic mass is 10.0. The van der Waals surface area contributed by atoms with Crippen LogP contribution >= 0.6 is 0 Å². The first kappa shape index (κ1) is 17.7. The molecule has 2 aliphatic rings. The molecule has 0 aliphatic carbocycles. The van der Waals surface area contributed by atoms with Crippen molar-refractivity contribution in [2.24, 2.45) is 0 Å². The number of nitrogens with one attached hydrogen (secondary N) is 1. The van der Waals surface area contributed by atoms with E-state index in [1.807, 2.05) is 4.90 Å². The first-order valence-electron chi connectivity index (χ1n) is 9.07. The SMILES string of the molecule is O=C(Cc1cccc(F)c1)N1CCc2c(nc(N3CCOCC3)[nH]c2=O)C1. The van der Waals surface area contributed by atoms with Gasteiger partial charge in [-0.05, 0) is 24.1 Å². The molecular formula is C19H21FN4O3. The fourth-order valence-electron chi connectivity index (χ4n) is 3.50. The molecule has 1 fully saturated rings. The summed E-state index contributed by atoms with van der Waals surface area (Å²) in [6.45, 7) is 3.29. The number of benzene rings is 1. The minimum Gasteiger partial charge on any atom is -0.378 e. The molecule has 7 nitrogen and oxygen atoms in total. The second-order valence-electron chi connectivity index (χ2n) is 6.79. The predicted octanol–water partition coefficient (Wildman–Crippen LogP) is 0.873. The summed E-state index contributed by atoms with van der Waals surface area (Å²) < 4.78 is 18.7. The number of fused-ring (bicyclic) bond motifs is 1. The molecule has 1 amide bonds. The van der Waals surface area contributed by atoms with Crippen LogP contribution in [0.2, 0.25) is 0 Å². The fraction of sp³-hybridized carbons (Fsp3) is 0.421.